The van der Waals surface area contributed by atoms with Crippen LogP contribution in [0.5, 0.6) is 0 Å². The Kier molecular flexibility index (Phi) is 5.26. The molecule has 2 atom stereocenters. The van der Waals surface area contributed by atoms with Crippen LogP contribution in [-0.2, 0) is 18.9 Å². The van der Waals surface area contributed by atoms with Gasteiger partial charge in [-0.2, -0.15) is 0 Å². The van der Waals surface area contributed by atoms with Gasteiger partial charge in [-0.3, -0.25) is 0 Å². The Bertz CT molecular complexity index is 119. The predicted molar refractivity (Wildman–Crippen MR) is 46.4 cm³/mol. The van der Waals surface area contributed by atoms with Crippen LogP contribution in [0.1, 0.15) is 0 Å². The van der Waals surface area contributed by atoms with E-state index in [0.717, 1.165) is 13.1 Å². The van der Waals surface area contributed by atoms with E-state index in [9.17, 15) is 0 Å². The lowest BCUT2D eigenvalue weighted by atomic mass is 10.2. The summed E-state index contributed by atoms with van der Waals surface area (Å²) in [5.41, 5.74) is 0. The molecule has 0 aliphatic carbocycles. The lowest BCUT2D eigenvalue weighted by Crippen LogP contribution is -2.31. The van der Waals surface area contributed by atoms with Crippen molar-refractivity contribution < 1.29 is 18.9 Å². The lowest BCUT2D eigenvalue weighted by Gasteiger charge is -2.18. The molecule has 1 saturated heterocycles. The van der Waals surface area contributed by atoms with E-state index in [0.29, 0.717) is 13.6 Å². The molecule has 5 nitrogen and oxygen atoms in total. The highest BCUT2D eigenvalue weighted by molar-refractivity contribution is 4.82. The Hall–Kier alpha value is -0.200. The van der Waals surface area contributed by atoms with Crippen molar-refractivity contribution in [1.82, 2.24) is 5.32 Å². The molecule has 1 aliphatic rings. The van der Waals surface area contributed by atoms with Crippen LogP contribution in [0.15, 0.2) is 0 Å². The zero-order valence-corrected chi connectivity index (χ0v) is 8.12. The van der Waals surface area contributed by atoms with Crippen molar-refractivity contribution >= 4 is 0 Å². The summed E-state index contributed by atoms with van der Waals surface area (Å²) in [5.74, 6) is 0. The van der Waals surface area contributed by atoms with Gasteiger partial charge in [-0.15, -0.1) is 0 Å². The average Bonchev–Trinajstić information content (AvgIpc) is 2.59. The topological polar surface area (TPSA) is 49.0 Å². The van der Waals surface area contributed by atoms with Crippen LogP contribution in [0.4, 0.5) is 0 Å². The summed E-state index contributed by atoms with van der Waals surface area (Å²) in [6.45, 7) is 2.22. The molecule has 0 unspecified atom stereocenters. The number of nitrogens with one attached hydrogen (secondary N) is 1. The minimum absolute atomic E-state index is 0.0649. The van der Waals surface area contributed by atoms with Crippen molar-refractivity contribution in [1.29, 1.82) is 0 Å². The minimum Gasteiger partial charge on any atom is -0.359 e. The molecule has 0 bridgehead atoms. The highest BCUT2D eigenvalue weighted by Gasteiger charge is 2.28. The largest absolute Gasteiger partial charge is 0.359 e. The molecular weight excluding hydrogens is 174 g/mol. The lowest BCUT2D eigenvalue weighted by molar-refractivity contribution is -0.139. The van der Waals surface area contributed by atoms with Gasteiger partial charge >= 0.3 is 0 Å². The smallest absolute Gasteiger partial charge is 0.146 e. The third kappa shape index (κ3) is 3.58. The fourth-order valence-electron chi connectivity index (χ4n) is 1.27. The first-order chi connectivity index (χ1) is 6.38. The molecule has 1 rings (SSSR count). The summed E-state index contributed by atoms with van der Waals surface area (Å²) in [6.07, 6.45) is 0.130. The van der Waals surface area contributed by atoms with Crippen LogP contribution in [0.2, 0.25) is 0 Å². The molecule has 0 aromatic rings. The van der Waals surface area contributed by atoms with E-state index in [1.807, 2.05) is 0 Å². The first-order valence-corrected chi connectivity index (χ1v) is 4.30. The van der Waals surface area contributed by atoms with E-state index in [1.54, 1.807) is 14.2 Å². The minimum atomic E-state index is 0.0649. The van der Waals surface area contributed by atoms with Crippen molar-refractivity contribution in [3.8, 4) is 0 Å². The maximum atomic E-state index is 5.40. The molecular formula is C8H17NO4. The molecule has 5 heteroatoms. The Morgan fingerprint density at radius 2 is 1.46 bits per heavy atom. The second-order valence-electron chi connectivity index (χ2n) is 2.88. The molecule has 0 amide bonds. The highest BCUT2D eigenvalue weighted by Crippen LogP contribution is 2.08. The van der Waals surface area contributed by atoms with E-state index in [1.165, 1.54) is 0 Å². The standard InChI is InChI=1S/C8H17NO4/c1-10-5-12-7-3-9-4-8(7)13-6-11-2/h7-9H,3-6H2,1-2H3/t7-,8+. The van der Waals surface area contributed by atoms with Crippen molar-refractivity contribution in [3.63, 3.8) is 0 Å². The first kappa shape index (κ1) is 10.9. The van der Waals surface area contributed by atoms with Crippen molar-refractivity contribution in [2.24, 2.45) is 0 Å². The number of ether oxygens (including phenoxy) is 4. The maximum absolute atomic E-state index is 5.40. The van der Waals surface area contributed by atoms with Crippen LogP contribution >= 0.6 is 0 Å². The summed E-state index contributed by atoms with van der Waals surface area (Å²) in [5, 5.41) is 3.18. The summed E-state index contributed by atoms with van der Waals surface area (Å²) in [7, 11) is 3.21. The van der Waals surface area contributed by atoms with E-state index in [4.69, 9.17) is 18.9 Å². The zero-order chi connectivity index (χ0) is 9.52. The van der Waals surface area contributed by atoms with Gasteiger partial charge < -0.3 is 24.3 Å². The van der Waals surface area contributed by atoms with Gasteiger partial charge in [0, 0.05) is 27.3 Å². The normalized spacial score (nSPS) is 28.2. The van der Waals surface area contributed by atoms with E-state index >= 15 is 0 Å². The highest BCUT2D eigenvalue weighted by atomic mass is 16.7. The fourth-order valence-corrected chi connectivity index (χ4v) is 1.27. The summed E-state index contributed by atoms with van der Waals surface area (Å²) < 4.78 is 20.4. The third-order valence-electron chi connectivity index (χ3n) is 1.91. The van der Waals surface area contributed by atoms with Crippen LogP contribution in [0.3, 0.4) is 0 Å². The molecule has 0 aromatic carbocycles. The first-order valence-electron chi connectivity index (χ1n) is 4.30. The Balaban J connectivity index is 2.18. The summed E-state index contributed by atoms with van der Waals surface area (Å²) >= 11 is 0. The molecule has 0 aromatic heterocycles. The van der Waals surface area contributed by atoms with Crippen LogP contribution in [0.25, 0.3) is 0 Å². The predicted octanol–water partition coefficient (Wildman–Crippen LogP) is -0.432. The van der Waals surface area contributed by atoms with E-state index in [-0.39, 0.29) is 12.2 Å². The van der Waals surface area contributed by atoms with E-state index < -0.39 is 0 Å². The summed E-state index contributed by atoms with van der Waals surface area (Å²) in [6, 6.07) is 0. The molecule has 1 heterocycles. The molecule has 1 fully saturated rings. The Labute approximate surface area is 78.3 Å². The van der Waals surface area contributed by atoms with Crippen molar-refractivity contribution in [2.45, 2.75) is 12.2 Å². The van der Waals surface area contributed by atoms with Gasteiger partial charge in [0.05, 0.1) is 0 Å². The third-order valence-corrected chi connectivity index (χ3v) is 1.91. The Morgan fingerprint density at radius 1 is 1.00 bits per heavy atom. The van der Waals surface area contributed by atoms with Crippen molar-refractivity contribution in [2.75, 3.05) is 40.9 Å². The molecule has 1 N–H and O–H groups in total. The second-order valence-corrected chi connectivity index (χ2v) is 2.88. The molecule has 0 spiro atoms. The quantitative estimate of drug-likeness (QED) is 0.577. The number of hydrogen-bond donors (Lipinski definition) is 1. The van der Waals surface area contributed by atoms with Gasteiger partial charge in [-0.05, 0) is 0 Å². The van der Waals surface area contributed by atoms with E-state index in [2.05, 4.69) is 5.32 Å². The zero-order valence-electron chi connectivity index (χ0n) is 8.12. The van der Waals surface area contributed by atoms with Crippen molar-refractivity contribution in [3.05, 3.63) is 0 Å². The van der Waals surface area contributed by atoms with Gasteiger partial charge in [0.25, 0.3) is 0 Å². The molecule has 0 saturated carbocycles. The monoisotopic (exact) mass is 191 g/mol. The average molecular weight is 191 g/mol. The second kappa shape index (κ2) is 6.28. The van der Waals surface area contributed by atoms with Crippen LogP contribution in [-0.4, -0.2) is 53.1 Å². The number of methoxy groups -OCH3 is 2. The molecule has 0 radical (unpaired) electrons. The summed E-state index contributed by atoms with van der Waals surface area (Å²) in [4.78, 5) is 0. The molecule has 13 heavy (non-hydrogen) atoms. The van der Waals surface area contributed by atoms with Gasteiger partial charge in [0.15, 0.2) is 0 Å². The number of rotatable bonds is 6. The van der Waals surface area contributed by atoms with Gasteiger partial charge in [-0.25, -0.2) is 0 Å². The number of hydrogen-bond acceptors (Lipinski definition) is 5. The van der Waals surface area contributed by atoms with Crippen LogP contribution in [0, 0.1) is 0 Å². The maximum Gasteiger partial charge on any atom is 0.146 e. The van der Waals surface area contributed by atoms with Gasteiger partial charge in [-0.1, -0.05) is 0 Å². The Morgan fingerprint density at radius 3 is 1.85 bits per heavy atom. The molecule has 78 valence electrons. The SMILES string of the molecule is COCO[C@H]1CNC[C@H]1OCOC. The fraction of sp³-hybridized carbons (Fsp3) is 1.00. The van der Waals surface area contributed by atoms with Gasteiger partial charge in [0.1, 0.15) is 25.8 Å². The van der Waals surface area contributed by atoms with Crippen LogP contribution < -0.4 is 5.32 Å². The van der Waals surface area contributed by atoms with Gasteiger partial charge in [0.2, 0.25) is 0 Å². The molecule has 1 aliphatic heterocycles.